The first-order valence-corrected chi connectivity index (χ1v) is 21.8. The third-order valence-electron chi connectivity index (χ3n) is 12.5. The molecule has 0 spiro atoms. The zero-order valence-corrected chi connectivity index (χ0v) is 34.4. The smallest absolute Gasteiger partial charge is 0.164 e. The maximum Gasteiger partial charge on any atom is 0.164 e. The molecule has 2 aromatic heterocycles. The summed E-state index contributed by atoms with van der Waals surface area (Å²) in [6.45, 7) is 0. The van der Waals surface area contributed by atoms with Crippen LogP contribution < -0.4 is 0 Å². The minimum Gasteiger partial charge on any atom is -0.208 e. The van der Waals surface area contributed by atoms with Crippen molar-refractivity contribution < 1.29 is 0 Å². The molecule has 0 saturated heterocycles. The van der Waals surface area contributed by atoms with Crippen LogP contribution in [0.25, 0.3) is 87.7 Å². The van der Waals surface area contributed by atoms with Crippen molar-refractivity contribution in [3.05, 3.63) is 247 Å². The van der Waals surface area contributed by atoms with Crippen LogP contribution in [0.15, 0.2) is 224 Å². The van der Waals surface area contributed by atoms with E-state index in [1.807, 2.05) is 72.0 Å². The molecule has 62 heavy (non-hydrogen) atoms. The van der Waals surface area contributed by atoms with Gasteiger partial charge in [-0.15, -0.1) is 11.3 Å². The largest absolute Gasteiger partial charge is 0.208 e. The number of thiophene rings is 1. The van der Waals surface area contributed by atoms with Crippen LogP contribution in [0.2, 0.25) is 0 Å². The predicted octanol–water partition coefficient (Wildman–Crippen LogP) is 14.9. The highest BCUT2D eigenvalue weighted by molar-refractivity contribution is 7.25. The highest BCUT2D eigenvalue weighted by Crippen LogP contribution is 2.56. The lowest BCUT2D eigenvalue weighted by molar-refractivity contribution is 0.770. The fraction of sp³-hybridized carbons (Fsp3) is 0.0172. The minimum absolute atomic E-state index is 0.472. The molecule has 1 aliphatic carbocycles. The van der Waals surface area contributed by atoms with Crippen molar-refractivity contribution in [2.45, 2.75) is 5.41 Å². The Balaban J connectivity index is 0.910. The lowest BCUT2D eigenvalue weighted by Gasteiger charge is -2.34. The number of nitrogens with zero attached hydrogens (tertiary/aromatic N) is 3. The van der Waals surface area contributed by atoms with Gasteiger partial charge in [0.15, 0.2) is 17.5 Å². The summed E-state index contributed by atoms with van der Waals surface area (Å²) < 4.78 is 2.64. The molecule has 0 radical (unpaired) electrons. The van der Waals surface area contributed by atoms with Crippen LogP contribution in [-0.2, 0) is 5.41 Å². The molecule has 2 heterocycles. The van der Waals surface area contributed by atoms with Gasteiger partial charge in [-0.3, -0.25) is 0 Å². The summed E-state index contributed by atoms with van der Waals surface area (Å²) in [7, 11) is 0. The number of hydrogen-bond acceptors (Lipinski definition) is 4. The number of fused-ring (bicyclic) bond motifs is 6. The van der Waals surface area contributed by atoms with Gasteiger partial charge < -0.3 is 0 Å². The van der Waals surface area contributed by atoms with E-state index < -0.39 is 5.41 Å². The Morgan fingerprint density at radius 2 is 0.742 bits per heavy atom. The van der Waals surface area contributed by atoms with E-state index in [0.29, 0.717) is 17.5 Å². The number of hydrogen-bond donors (Lipinski definition) is 0. The van der Waals surface area contributed by atoms with Crippen molar-refractivity contribution in [2.24, 2.45) is 0 Å². The fourth-order valence-electron chi connectivity index (χ4n) is 9.53. The maximum absolute atomic E-state index is 4.97. The topological polar surface area (TPSA) is 38.7 Å². The molecule has 11 aromatic rings. The predicted molar refractivity (Wildman–Crippen MR) is 257 cm³/mol. The van der Waals surface area contributed by atoms with Crippen LogP contribution >= 0.6 is 11.3 Å². The van der Waals surface area contributed by atoms with Gasteiger partial charge >= 0.3 is 0 Å². The normalized spacial score (nSPS) is 12.6. The Hall–Kier alpha value is -7.79. The molecule has 0 unspecified atom stereocenters. The van der Waals surface area contributed by atoms with Gasteiger partial charge in [-0.05, 0) is 79.9 Å². The minimum atomic E-state index is -0.472. The van der Waals surface area contributed by atoms with Gasteiger partial charge in [0.1, 0.15) is 0 Å². The van der Waals surface area contributed by atoms with E-state index in [-0.39, 0.29) is 0 Å². The van der Waals surface area contributed by atoms with Gasteiger partial charge in [0.2, 0.25) is 0 Å². The van der Waals surface area contributed by atoms with Crippen molar-refractivity contribution in [2.75, 3.05) is 0 Å². The Labute approximate surface area is 364 Å². The molecule has 290 valence electrons. The van der Waals surface area contributed by atoms with Crippen molar-refractivity contribution in [3.63, 3.8) is 0 Å². The first kappa shape index (κ1) is 36.1. The monoisotopic (exact) mass is 807 g/mol. The van der Waals surface area contributed by atoms with Gasteiger partial charge in [-0.25, -0.2) is 15.0 Å². The molecule has 12 rings (SSSR count). The van der Waals surface area contributed by atoms with E-state index in [0.717, 1.165) is 27.8 Å². The van der Waals surface area contributed by atoms with E-state index in [1.165, 1.54) is 64.7 Å². The van der Waals surface area contributed by atoms with Crippen LogP contribution in [0.1, 0.15) is 22.3 Å². The van der Waals surface area contributed by atoms with Crippen LogP contribution in [-0.4, -0.2) is 15.0 Å². The molecular formula is C58H37N3S. The second kappa shape index (κ2) is 14.7. The van der Waals surface area contributed by atoms with Crippen molar-refractivity contribution in [1.82, 2.24) is 15.0 Å². The maximum atomic E-state index is 4.97. The summed E-state index contributed by atoms with van der Waals surface area (Å²) in [6.07, 6.45) is 0. The van der Waals surface area contributed by atoms with Crippen LogP contribution in [0.3, 0.4) is 0 Å². The first-order valence-electron chi connectivity index (χ1n) is 21.0. The summed E-state index contributed by atoms with van der Waals surface area (Å²) >= 11 is 1.87. The average molecular weight is 808 g/mol. The van der Waals surface area contributed by atoms with Crippen molar-refractivity contribution >= 4 is 31.5 Å². The van der Waals surface area contributed by atoms with E-state index in [2.05, 4.69) is 164 Å². The number of aromatic nitrogens is 3. The molecular weight excluding hydrogens is 771 g/mol. The zero-order valence-electron chi connectivity index (χ0n) is 33.6. The quantitative estimate of drug-likeness (QED) is 0.161. The second-order valence-electron chi connectivity index (χ2n) is 15.9. The van der Waals surface area contributed by atoms with Gasteiger partial charge in [-0.2, -0.15) is 0 Å². The molecule has 0 bridgehead atoms. The molecule has 0 atom stereocenters. The molecule has 0 N–H and O–H groups in total. The average Bonchev–Trinajstić information content (AvgIpc) is 3.88. The van der Waals surface area contributed by atoms with Gasteiger partial charge in [-0.1, -0.05) is 200 Å². The lowest BCUT2D eigenvalue weighted by atomic mass is 9.67. The van der Waals surface area contributed by atoms with E-state index >= 15 is 0 Å². The standard InChI is InChI=1S/C58H37N3S/c1-3-14-41(15-4-1)55-59-56(42-16-5-2-6-17-42)61-57(60-55)44-19-13-18-43(36-44)40-28-26-38(27-29-40)39-30-32-45(33-31-39)58(51-23-10-7-20-47(51)48-21-8-11-24-52(48)58)46-34-35-54-50(37-46)49-22-9-12-25-53(49)62-54/h1-37H. The summed E-state index contributed by atoms with van der Waals surface area (Å²) in [5, 5.41) is 2.63. The number of benzene rings is 9. The summed E-state index contributed by atoms with van der Waals surface area (Å²) in [4.78, 5) is 14.8. The molecule has 0 amide bonds. The van der Waals surface area contributed by atoms with Crippen molar-refractivity contribution in [1.29, 1.82) is 0 Å². The highest BCUT2D eigenvalue weighted by atomic mass is 32.1. The van der Waals surface area contributed by atoms with Gasteiger partial charge in [0.05, 0.1) is 5.41 Å². The van der Waals surface area contributed by atoms with E-state index in [4.69, 9.17) is 15.0 Å². The Morgan fingerprint density at radius 1 is 0.290 bits per heavy atom. The number of rotatable bonds is 7. The van der Waals surface area contributed by atoms with Crippen LogP contribution in [0.4, 0.5) is 0 Å². The van der Waals surface area contributed by atoms with Crippen LogP contribution in [0, 0.1) is 0 Å². The van der Waals surface area contributed by atoms with E-state index in [9.17, 15) is 0 Å². The van der Waals surface area contributed by atoms with Gasteiger partial charge in [0.25, 0.3) is 0 Å². The summed E-state index contributed by atoms with van der Waals surface area (Å²) in [5.74, 6) is 1.95. The molecule has 0 aliphatic heterocycles. The SMILES string of the molecule is c1ccc(-c2nc(-c3ccccc3)nc(-c3cccc(-c4ccc(-c5ccc(C6(c7ccc8sc9ccccc9c8c7)c7ccccc7-c7ccccc76)cc5)cc4)c3)n2)cc1. The molecule has 1 aliphatic rings. The molecule has 0 fully saturated rings. The molecule has 3 nitrogen and oxygen atoms in total. The molecule has 9 aromatic carbocycles. The van der Waals surface area contributed by atoms with Gasteiger partial charge in [0, 0.05) is 36.9 Å². The highest BCUT2D eigenvalue weighted by Gasteiger charge is 2.46. The Kier molecular flexibility index (Phi) is 8.58. The Bertz CT molecular complexity index is 3340. The summed E-state index contributed by atoms with van der Waals surface area (Å²) in [5.41, 5.74) is 14.7. The first-order chi connectivity index (χ1) is 30.7. The van der Waals surface area contributed by atoms with Crippen molar-refractivity contribution in [3.8, 4) is 67.5 Å². The molecule has 0 saturated carbocycles. The fourth-order valence-corrected chi connectivity index (χ4v) is 10.6. The third kappa shape index (κ3) is 5.91. The third-order valence-corrected chi connectivity index (χ3v) is 13.6. The summed E-state index contributed by atoms with van der Waals surface area (Å²) in [6, 6.07) is 80.8. The van der Waals surface area contributed by atoms with Crippen LogP contribution in [0.5, 0.6) is 0 Å². The lowest BCUT2D eigenvalue weighted by Crippen LogP contribution is -2.28. The zero-order chi connectivity index (χ0) is 41.0. The Morgan fingerprint density at radius 3 is 1.37 bits per heavy atom. The molecule has 4 heteroatoms. The second-order valence-corrected chi connectivity index (χ2v) is 17.0. The van der Waals surface area contributed by atoms with E-state index in [1.54, 1.807) is 0 Å².